The lowest BCUT2D eigenvalue weighted by atomic mass is 9.95. The summed E-state index contributed by atoms with van der Waals surface area (Å²) >= 11 is 7.43. The molecule has 0 N–H and O–H groups in total. The summed E-state index contributed by atoms with van der Waals surface area (Å²) in [4.78, 5) is 0.373. The van der Waals surface area contributed by atoms with E-state index in [9.17, 15) is 0 Å². The van der Waals surface area contributed by atoms with E-state index in [4.69, 9.17) is 0 Å². The molecule has 0 saturated carbocycles. The topological polar surface area (TPSA) is 0 Å². The van der Waals surface area contributed by atoms with E-state index in [1.807, 2.05) is 0 Å². The Morgan fingerprint density at radius 1 is 0.950 bits per heavy atom. The van der Waals surface area contributed by atoms with Crippen LogP contribution in [-0.2, 0) is 19.3 Å². The van der Waals surface area contributed by atoms with Crippen LogP contribution in [0, 0.1) is 0 Å². The highest BCUT2D eigenvalue weighted by molar-refractivity contribution is 9.10. The first kappa shape index (κ1) is 15.8. The smallest absolute Gasteiger partial charge is 0.0438 e. The van der Waals surface area contributed by atoms with Crippen LogP contribution in [0.25, 0.3) is 0 Å². The largest absolute Gasteiger partial charge is 0.0835 e. The van der Waals surface area contributed by atoms with Crippen molar-refractivity contribution in [1.29, 1.82) is 0 Å². The van der Waals surface area contributed by atoms with Gasteiger partial charge >= 0.3 is 0 Å². The number of rotatable bonds is 5. The molecule has 106 valence electrons. The molecular formula is C18H20Br2. The molecule has 0 aliphatic heterocycles. The quantitative estimate of drug-likeness (QED) is 0.524. The van der Waals surface area contributed by atoms with Crippen molar-refractivity contribution in [3.05, 3.63) is 69.2 Å². The zero-order valence-corrected chi connectivity index (χ0v) is 15.2. The van der Waals surface area contributed by atoms with Gasteiger partial charge in [-0.25, -0.2) is 0 Å². The van der Waals surface area contributed by atoms with Crippen LogP contribution in [0.1, 0.15) is 40.9 Å². The average molecular weight is 396 g/mol. The fourth-order valence-electron chi connectivity index (χ4n) is 2.46. The number of halogens is 2. The summed E-state index contributed by atoms with van der Waals surface area (Å²) in [6.07, 6.45) is 3.19. The molecule has 1 atom stereocenters. The minimum Gasteiger partial charge on any atom is -0.0835 e. The van der Waals surface area contributed by atoms with Gasteiger partial charge in [-0.1, -0.05) is 76.0 Å². The van der Waals surface area contributed by atoms with E-state index in [-0.39, 0.29) is 0 Å². The summed E-state index contributed by atoms with van der Waals surface area (Å²) in [5.74, 6) is 0. The van der Waals surface area contributed by atoms with Crippen molar-refractivity contribution in [3.63, 3.8) is 0 Å². The Morgan fingerprint density at radius 2 is 1.75 bits per heavy atom. The highest BCUT2D eigenvalue weighted by Gasteiger charge is 2.13. The third-order valence-corrected chi connectivity index (χ3v) is 4.95. The average Bonchev–Trinajstić information content (AvgIpc) is 2.46. The molecule has 20 heavy (non-hydrogen) atoms. The summed E-state index contributed by atoms with van der Waals surface area (Å²) in [7, 11) is 0. The molecule has 0 aliphatic carbocycles. The van der Waals surface area contributed by atoms with Crippen molar-refractivity contribution >= 4 is 31.9 Å². The van der Waals surface area contributed by atoms with Gasteiger partial charge in [0, 0.05) is 9.30 Å². The molecule has 2 aromatic rings. The summed E-state index contributed by atoms with van der Waals surface area (Å²) in [5, 5.41) is 0. The third kappa shape index (κ3) is 3.95. The van der Waals surface area contributed by atoms with Gasteiger partial charge in [0.2, 0.25) is 0 Å². The normalized spacial score (nSPS) is 12.4. The van der Waals surface area contributed by atoms with Crippen LogP contribution in [0.5, 0.6) is 0 Å². The van der Waals surface area contributed by atoms with Crippen molar-refractivity contribution in [2.45, 2.75) is 37.9 Å². The third-order valence-electron chi connectivity index (χ3n) is 3.64. The van der Waals surface area contributed by atoms with Crippen molar-refractivity contribution in [1.82, 2.24) is 0 Å². The first-order valence-corrected chi connectivity index (χ1v) is 8.85. The lowest BCUT2D eigenvalue weighted by molar-refractivity contribution is 0.914. The number of hydrogen-bond donors (Lipinski definition) is 0. The molecule has 0 bridgehead atoms. The predicted molar refractivity (Wildman–Crippen MR) is 94.7 cm³/mol. The van der Waals surface area contributed by atoms with Crippen molar-refractivity contribution in [2.24, 2.45) is 0 Å². The van der Waals surface area contributed by atoms with Gasteiger partial charge < -0.3 is 0 Å². The van der Waals surface area contributed by atoms with Crippen LogP contribution in [0.15, 0.2) is 46.9 Å². The second-order valence-electron chi connectivity index (χ2n) is 5.04. The second kappa shape index (κ2) is 7.42. The van der Waals surface area contributed by atoms with E-state index in [0.29, 0.717) is 4.83 Å². The molecule has 0 nitrogen and oxygen atoms in total. The molecular weight excluding hydrogens is 376 g/mol. The van der Waals surface area contributed by atoms with Gasteiger partial charge in [-0.05, 0) is 53.6 Å². The van der Waals surface area contributed by atoms with Crippen LogP contribution in [0.3, 0.4) is 0 Å². The summed E-state index contributed by atoms with van der Waals surface area (Å²) in [5.41, 5.74) is 5.65. The lowest BCUT2D eigenvalue weighted by Crippen LogP contribution is -2.01. The van der Waals surface area contributed by atoms with Crippen LogP contribution in [-0.4, -0.2) is 0 Å². The monoisotopic (exact) mass is 394 g/mol. The van der Waals surface area contributed by atoms with E-state index >= 15 is 0 Å². The molecule has 0 radical (unpaired) electrons. The zero-order chi connectivity index (χ0) is 14.5. The highest BCUT2D eigenvalue weighted by atomic mass is 79.9. The minimum atomic E-state index is 0.373. The number of hydrogen-bond acceptors (Lipinski definition) is 0. The molecule has 2 aromatic carbocycles. The summed E-state index contributed by atoms with van der Waals surface area (Å²) < 4.78 is 1.15. The Bertz CT molecular complexity index is 575. The number of alkyl halides is 1. The molecule has 0 heterocycles. The van der Waals surface area contributed by atoms with Crippen molar-refractivity contribution < 1.29 is 0 Å². The van der Waals surface area contributed by atoms with Crippen molar-refractivity contribution in [2.75, 3.05) is 0 Å². The fraction of sp³-hybridized carbons (Fsp3) is 0.333. The molecule has 2 rings (SSSR count). The summed E-state index contributed by atoms with van der Waals surface area (Å²) in [6.45, 7) is 4.44. The standard InChI is InChI=1S/C18H20Br2/c1-3-13-8-9-15(4-2)17(11-13)18(20)12-14-6-5-7-16(19)10-14/h5-11,18H,3-4,12H2,1-2H3. The van der Waals surface area contributed by atoms with Gasteiger partial charge in [-0.15, -0.1) is 0 Å². The molecule has 0 spiro atoms. The SMILES string of the molecule is CCc1ccc(CC)c(C(Br)Cc2cccc(Br)c2)c1. The Balaban J connectivity index is 2.25. The Labute approximate surface area is 138 Å². The van der Waals surface area contributed by atoms with Gasteiger partial charge in [0.15, 0.2) is 0 Å². The van der Waals surface area contributed by atoms with Gasteiger partial charge in [-0.3, -0.25) is 0 Å². The number of aryl methyl sites for hydroxylation is 2. The summed E-state index contributed by atoms with van der Waals surface area (Å²) in [6, 6.07) is 15.4. The Kier molecular flexibility index (Phi) is 5.86. The molecule has 0 aromatic heterocycles. The molecule has 0 aliphatic rings. The van der Waals surface area contributed by atoms with Gasteiger partial charge in [0.25, 0.3) is 0 Å². The van der Waals surface area contributed by atoms with Crippen LogP contribution in [0.2, 0.25) is 0 Å². The van der Waals surface area contributed by atoms with E-state index in [1.165, 1.54) is 22.3 Å². The molecule has 0 fully saturated rings. The van der Waals surface area contributed by atoms with Crippen LogP contribution < -0.4 is 0 Å². The first-order chi connectivity index (χ1) is 9.63. The molecule has 1 unspecified atom stereocenters. The van der Waals surface area contributed by atoms with Gasteiger partial charge in [0.05, 0.1) is 0 Å². The molecule has 0 saturated heterocycles. The lowest BCUT2D eigenvalue weighted by Gasteiger charge is -2.16. The van der Waals surface area contributed by atoms with Gasteiger partial charge in [0.1, 0.15) is 0 Å². The van der Waals surface area contributed by atoms with E-state index in [2.05, 4.69) is 88.2 Å². The second-order valence-corrected chi connectivity index (χ2v) is 7.06. The minimum absolute atomic E-state index is 0.373. The molecule has 0 amide bonds. The van der Waals surface area contributed by atoms with E-state index in [1.54, 1.807) is 0 Å². The zero-order valence-electron chi connectivity index (χ0n) is 12.0. The van der Waals surface area contributed by atoms with Gasteiger partial charge in [-0.2, -0.15) is 0 Å². The van der Waals surface area contributed by atoms with Crippen LogP contribution in [0.4, 0.5) is 0 Å². The Morgan fingerprint density at radius 3 is 2.40 bits per heavy atom. The van der Waals surface area contributed by atoms with Crippen LogP contribution >= 0.6 is 31.9 Å². The highest BCUT2D eigenvalue weighted by Crippen LogP contribution is 2.31. The fourth-order valence-corrected chi connectivity index (χ4v) is 3.71. The van der Waals surface area contributed by atoms with E-state index < -0.39 is 0 Å². The Hall–Kier alpha value is -0.600. The maximum Gasteiger partial charge on any atom is 0.0438 e. The van der Waals surface area contributed by atoms with E-state index in [0.717, 1.165) is 23.7 Å². The predicted octanol–water partition coefficient (Wildman–Crippen LogP) is 6.25. The van der Waals surface area contributed by atoms with Crippen molar-refractivity contribution in [3.8, 4) is 0 Å². The number of benzene rings is 2. The maximum atomic E-state index is 3.89. The first-order valence-electron chi connectivity index (χ1n) is 7.14. The molecule has 2 heteroatoms. The maximum absolute atomic E-state index is 3.89.